The number of carbonyl (C=O) groups excluding carboxylic acids is 2. The maximum absolute atomic E-state index is 12.0. The first kappa shape index (κ1) is 12.5. The fraction of sp³-hybridized carbons (Fsp3) is 0.500. The average Bonchev–Trinajstić information content (AvgIpc) is 2.11. The van der Waals surface area contributed by atoms with E-state index in [2.05, 4.69) is 4.74 Å². The third-order valence-electron chi connectivity index (χ3n) is 1.26. The number of hydrogen-bond acceptors (Lipinski definition) is 4. The number of Topliss-reactive ketones (excluding diaryl/α,β-unsaturated/α-hetero) is 1. The van der Waals surface area contributed by atoms with Crippen molar-refractivity contribution in [3.05, 3.63) is 11.8 Å². The fourth-order valence-electron chi connectivity index (χ4n) is 0.703. The van der Waals surface area contributed by atoms with E-state index in [9.17, 15) is 18.4 Å². The largest absolute Gasteiger partial charge is 0.465 e. The van der Waals surface area contributed by atoms with Crippen molar-refractivity contribution < 1.29 is 23.1 Å². The molecule has 0 aliphatic carbocycles. The van der Waals surface area contributed by atoms with Gasteiger partial charge in [-0.2, -0.15) is 0 Å². The van der Waals surface area contributed by atoms with Gasteiger partial charge in [-0.25, -0.2) is 13.6 Å². The van der Waals surface area contributed by atoms with Crippen LogP contribution in [0.5, 0.6) is 0 Å². The second kappa shape index (κ2) is 5.31. The molecule has 0 radical (unpaired) electrons. The van der Waals surface area contributed by atoms with E-state index >= 15 is 0 Å². The molecule has 4 nitrogen and oxygen atoms in total. The minimum absolute atomic E-state index is 0.660. The molecule has 0 aromatic rings. The van der Waals surface area contributed by atoms with E-state index in [4.69, 9.17) is 0 Å². The van der Waals surface area contributed by atoms with Gasteiger partial charge in [-0.15, -0.1) is 0 Å². The van der Waals surface area contributed by atoms with Gasteiger partial charge < -0.3 is 9.64 Å². The zero-order valence-electron chi connectivity index (χ0n) is 8.08. The lowest BCUT2D eigenvalue weighted by Crippen LogP contribution is -2.23. The molecule has 0 aliphatic heterocycles. The molecule has 0 heterocycles. The van der Waals surface area contributed by atoms with Gasteiger partial charge in [0.1, 0.15) is 5.57 Å². The molecular formula is C8H11F2NO3. The van der Waals surface area contributed by atoms with Crippen molar-refractivity contribution in [2.24, 2.45) is 0 Å². The molecule has 0 fully saturated rings. The zero-order valence-corrected chi connectivity index (χ0v) is 8.08. The summed E-state index contributed by atoms with van der Waals surface area (Å²) in [5.41, 5.74) is -0.660. The molecule has 14 heavy (non-hydrogen) atoms. The molecule has 0 atom stereocenters. The molecule has 0 spiro atoms. The predicted molar refractivity (Wildman–Crippen MR) is 44.8 cm³/mol. The molecule has 0 saturated carbocycles. The van der Waals surface area contributed by atoms with Crippen LogP contribution in [0.2, 0.25) is 0 Å². The minimum Gasteiger partial charge on any atom is -0.465 e. The lowest BCUT2D eigenvalue weighted by Gasteiger charge is -2.08. The van der Waals surface area contributed by atoms with E-state index in [1.54, 1.807) is 0 Å². The molecule has 80 valence electrons. The molecular weight excluding hydrogens is 196 g/mol. The number of halogens is 2. The van der Waals surface area contributed by atoms with Crippen LogP contribution in [0.4, 0.5) is 8.78 Å². The molecule has 0 bridgehead atoms. The Labute approximate surface area is 80.1 Å². The molecule has 0 unspecified atom stereocenters. The lowest BCUT2D eigenvalue weighted by molar-refractivity contribution is -0.139. The summed E-state index contributed by atoms with van der Waals surface area (Å²) >= 11 is 0. The maximum Gasteiger partial charge on any atom is 0.343 e. The third kappa shape index (κ3) is 3.51. The van der Waals surface area contributed by atoms with Crippen molar-refractivity contribution in [3.8, 4) is 0 Å². The summed E-state index contributed by atoms with van der Waals surface area (Å²) in [5, 5.41) is 0. The first-order valence-electron chi connectivity index (χ1n) is 3.69. The number of rotatable bonds is 4. The number of ether oxygens (including phenoxy) is 1. The van der Waals surface area contributed by atoms with Gasteiger partial charge in [-0.1, -0.05) is 0 Å². The van der Waals surface area contributed by atoms with Gasteiger partial charge in [0.15, 0.2) is 0 Å². The van der Waals surface area contributed by atoms with Crippen LogP contribution in [0.25, 0.3) is 0 Å². The molecule has 0 amide bonds. The number of esters is 1. The Morgan fingerprint density at radius 2 is 1.86 bits per heavy atom. The van der Waals surface area contributed by atoms with Crippen LogP contribution < -0.4 is 0 Å². The molecule has 0 aromatic carbocycles. The molecule has 0 aromatic heterocycles. The van der Waals surface area contributed by atoms with Gasteiger partial charge in [0.2, 0.25) is 5.78 Å². The smallest absolute Gasteiger partial charge is 0.343 e. The molecule has 0 saturated heterocycles. The van der Waals surface area contributed by atoms with Gasteiger partial charge in [-0.3, -0.25) is 4.79 Å². The van der Waals surface area contributed by atoms with Crippen molar-refractivity contribution in [1.82, 2.24) is 4.90 Å². The van der Waals surface area contributed by atoms with E-state index in [0.717, 1.165) is 13.3 Å². The number of alkyl halides is 2. The van der Waals surface area contributed by atoms with Crippen molar-refractivity contribution in [2.45, 2.75) is 6.43 Å². The topological polar surface area (TPSA) is 46.6 Å². The number of carbonyl (C=O) groups is 2. The quantitative estimate of drug-likeness (QED) is 0.290. The Morgan fingerprint density at radius 3 is 2.14 bits per heavy atom. The summed E-state index contributed by atoms with van der Waals surface area (Å²) in [6.07, 6.45) is -2.21. The predicted octanol–water partition coefficient (Wildman–Crippen LogP) is 0.439. The van der Waals surface area contributed by atoms with Gasteiger partial charge in [0, 0.05) is 20.3 Å². The van der Waals surface area contributed by atoms with E-state index in [0.29, 0.717) is 0 Å². The summed E-state index contributed by atoms with van der Waals surface area (Å²) in [5.74, 6) is -2.60. The van der Waals surface area contributed by atoms with Crippen molar-refractivity contribution >= 4 is 11.8 Å². The van der Waals surface area contributed by atoms with E-state index in [1.165, 1.54) is 19.0 Å². The zero-order chi connectivity index (χ0) is 11.3. The number of methoxy groups -OCH3 is 1. The van der Waals surface area contributed by atoms with Crippen LogP contribution in [0.1, 0.15) is 0 Å². The van der Waals surface area contributed by atoms with Gasteiger partial charge in [0.25, 0.3) is 0 Å². The van der Waals surface area contributed by atoms with Crippen molar-refractivity contribution in [2.75, 3.05) is 21.2 Å². The Kier molecular flexibility index (Phi) is 4.76. The van der Waals surface area contributed by atoms with E-state index in [-0.39, 0.29) is 0 Å². The standard InChI is InChI=1S/C8H11F2NO3/c1-11(2)4-5(8(13)14-3)6(12)7(9)10/h4,7H,1-3H3/b5-4-. The summed E-state index contributed by atoms with van der Waals surface area (Å²) < 4.78 is 28.2. The molecule has 0 rings (SSSR count). The van der Waals surface area contributed by atoms with Crippen LogP contribution >= 0.6 is 0 Å². The number of ketones is 1. The van der Waals surface area contributed by atoms with Gasteiger partial charge in [0.05, 0.1) is 7.11 Å². The Hall–Kier alpha value is -1.46. The summed E-state index contributed by atoms with van der Waals surface area (Å²) in [6, 6.07) is 0. The minimum atomic E-state index is -3.21. The average molecular weight is 207 g/mol. The van der Waals surface area contributed by atoms with Crippen LogP contribution in [-0.4, -0.2) is 44.3 Å². The lowest BCUT2D eigenvalue weighted by atomic mass is 10.2. The van der Waals surface area contributed by atoms with Gasteiger partial charge >= 0.3 is 12.4 Å². The van der Waals surface area contributed by atoms with E-state index < -0.39 is 23.8 Å². The summed E-state index contributed by atoms with van der Waals surface area (Å²) in [6.45, 7) is 0. The number of hydrogen-bond donors (Lipinski definition) is 0. The Balaban J connectivity index is 4.92. The van der Waals surface area contributed by atoms with Gasteiger partial charge in [-0.05, 0) is 0 Å². The maximum atomic E-state index is 12.0. The highest BCUT2D eigenvalue weighted by atomic mass is 19.3. The third-order valence-corrected chi connectivity index (χ3v) is 1.26. The Morgan fingerprint density at radius 1 is 1.36 bits per heavy atom. The van der Waals surface area contributed by atoms with Crippen LogP contribution in [0, 0.1) is 0 Å². The normalized spacial score (nSPS) is 11.4. The highest BCUT2D eigenvalue weighted by Gasteiger charge is 2.26. The van der Waals surface area contributed by atoms with Crippen LogP contribution in [0.15, 0.2) is 11.8 Å². The van der Waals surface area contributed by atoms with Crippen molar-refractivity contribution in [3.63, 3.8) is 0 Å². The number of nitrogens with zero attached hydrogens (tertiary/aromatic N) is 1. The van der Waals surface area contributed by atoms with Crippen LogP contribution in [-0.2, 0) is 14.3 Å². The second-order valence-electron chi connectivity index (χ2n) is 2.66. The summed E-state index contributed by atoms with van der Waals surface area (Å²) in [7, 11) is 4.02. The monoisotopic (exact) mass is 207 g/mol. The molecule has 6 heteroatoms. The van der Waals surface area contributed by atoms with Crippen molar-refractivity contribution in [1.29, 1.82) is 0 Å². The highest BCUT2D eigenvalue weighted by molar-refractivity contribution is 6.18. The Bertz CT molecular complexity index is 261. The van der Waals surface area contributed by atoms with Crippen LogP contribution in [0.3, 0.4) is 0 Å². The fourth-order valence-corrected chi connectivity index (χ4v) is 0.703. The second-order valence-corrected chi connectivity index (χ2v) is 2.66. The SMILES string of the molecule is COC(=O)/C(=C\N(C)C)C(=O)C(F)F. The highest BCUT2D eigenvalue weighted by Crippen LogP contribution is 2.07. The first-order chi connectivity index (χ1) is 6.40. The molecule has 0 N–H and O–H groups in total. The van der Waals surface area contributed by atoms with E-state index in [1.807, 2.05) is 0 Å². The first-order valence-corrected chi connectivity index (χ1v) is 3.69. The molecule has 0 aliphatic rings. The summed E-state index contributed by atoms with van der Waals surface area (Å²) in [4.78, 5) is 23.1.